The molecular formula is C8H13N3OS. The van der Waals surface area contributed by atoms with Gasteiger partial charge < -0.3 is 14.5 Å². The summed E-state index contributed by atoms with van der Waals surface area (Å²) in [5, 5.41) is 0. The third kappa shape index (κ3) is 2.18. The summed E-state index contributed by atoms with van der Waals surface area (Å²) in [7, 11) is 3.46. The lowest BCUT2D eigenvalue weighted by molar-refractivity contribution is -0.129. The van der Waals surface area contributed by atoms with Gasteiger partial charge in [0.15, 0.2) is 4.77 Å². The van der Waals surface area contributed by atoms with Crippen molar-refractivity contribution in [2.24, 2.45) is 0 Å². The molecule has 1 N–H and O–H groups in total. The van der Waals surface area contributed by atoms with Gasteiger partial charge in [0.25, 0.3) is 0 Å². The number of aromatic nitrogens is 2. The van der Waals surface area contributed by atoms with Crippen LogP contribution in [0.25, 0.3) is 0 Å². The van der Waals surface area contributed by atoms with Crippen LogP contribution >= 0.6 is 12.2 Å². The lowest BCUT2D eigenvalue weighted by atomic mass is 10.5. The van der Waals surface area contributed by atoms with Crippen LogP contribution in [0.3, 0.4) is 0 Å². The zero-order chi connectivity index (χ0) is 10.0. The number of aryl methyl sites for hydroxylation is 1. The third-order valence-electron chi connectivity index (χ3n) is 1.87. The molecule has 4 nitrogen and oxygen atoms in total. The molecule has 1 heterocycles. The molecule has 0 spiro atoms. The number of aromatic amines is 1. The van der Waals surface area contributed by atoms with Crippen molar-refractivity contribution in [1.82, 2.24) is 14.5 Å². The van der Waals surface area contributed by atoms with Crippen molar-refractivity contribution in [3.63, 3.8) is 0 Å². The van der Waals surface area contributed by atoms with Crippen LogP contribution in [0.15, 0.2) is 6.20 Å². The molecule has 0 aliphatic heterocycles. The lowest BCUT2D eigenvalue weighted by Crippen LogP contribution is -2.26. The number of nitrogens with one attached hydrogen (secondary N) is 1. The third-order valence-corrected chi connectivity index (χ3v) is 2.21. The van der Waals surface area contributed by atoms with Gasteiger partial charge in [0.05, 0.1) is 0 Å². The first-order chi connectivity index (χ1) is 6.02. The number of likely N-dealkylation sites (N-methyl/N-ethyl adjacent to an activating group) is 1. The van der Waals surface area contributed by atoms with Crippen molar-refractivity contribution in [2.75, 3.05) is 14.1 Å². The smallest absolute Gasteiger partial charge is 0.242 e. The number of H-pyrrole nitrogens is 1. The van der Waals surface area contributed by atoms with Crippen LogP contribution in [0.1, 0.15) is 5.69 Å². The normalized spacial score (nSPS) is 10.1. The van der Waals surface area contributed by atoms with E-state index in [2.05, 4.69) is 4.98 Å². The number of hydrogen-bond acceptors (Lipinski definition) is 2. The Hall–Kier alpha value is -1.10. The Balaban J connectivity index is 2.86. The molecule has 0 saturated carbocycles. The number of carbonyl (C=O) groups is 1. The Kier molecular flexibility index (Phi) is 2.87. The maximum atomic E-state index is 11.4. The average molecular weight is 199 g/mol. The van der Waals surface area contributed by atoms with Gasteiger partial charge in [-0.25, -0.2) is 0 Å². The van der Waals surface area contributed by atoms with Gasteiger partial charge in [-0.15, -0.1) is 0 Å². The van der Waals surface area contributed by atoms with Gasteiger partial charge in [-0.2, -0.15) is 0 Å². The van der Waals surface area contributed by atoms with Crippen LogP contribution in [-0.2, 0) is 11.3 Å². The van der Waals surface area contributed by atoms with E-state index in [0.29, 0.717) is 11.3 Å². The minimum absolute atomic E-state index is 0.0406. The number of amides is 1. The lowest BCUT2D eigenvalue weighted by Gasteiger charge is -2.11. The summed E-state index contributed by atoms with van der Waals surface area (Å²) in [4.78, 5) is 15.8. The SMILES string of the molecule is Cc1c[nH]c(=S)n1CC(=O)N(C)C. The van der Waals surface area contributed by atoms with E-state index < -0.39 is 0 Å². The molecule has 13 heavy (non-hydrogen) atoms. The van der Waals surface area contributed by atoms with E-state index >= 15 is 0 Å². The quantitative estimate of drug-likeness (QED) is 0.720. The molecule has 0 aliphatic rings. The summed E-state index contributed by atoms with van der Waals surface area (Å²) in [6, 6.07) is 0. The molecule has 0 aliphatic carbocycles. The molecule has 5 heteroatoms. The van der Waals surface area contributed by atoms with E-state index in [-0.39, 0.29) is 5.91 Å². The summed E-state index contributed by atoms with van der Waals surface area (Å²) >= 11 is 5.01. The molecule has 0 fully saturated rings. The average Bonchev–Trinajstić information content (AvgIpc) is 2.35. The topological polar surface area (TPSA) is 41.0 Å². The van der Waals surface area contributed by atoms with Gasteiger partial charge in [0, 0.05) is 26.0 Å². The molecule has 1 aromatic heterocycles. The first kappa shape index (κ1) is 9.98. The fourth-order valence-electron chi connectivity index (χ4n) is 0.955. The summed E-state index contributed by atoms with van der Waals surface area (Å²) in [6.07, 6.45) is 1.80. The van der Waals surface area contributed by atoms with Crippen molar-refractivity contribution in [2.45, 2.75) is 13.5 Å². The Bertz CT molecular complexity index is 364. The summed E-state index contributed by atoms with van der Waals surface area (Å²) in [5.74, 6) is 0.0406. The number of imidazole rings is 1. The van der Waals surface area contributed by atoms with Crippen molar-refractivity contribution >= 4 is 18.1 Å². The van der Waals surface area contributed by atoms with Crippen molar-refractivity contribution in [1.29, 1.82) is 0 Å². The highest BCUT2D eigenvalue weighted by Crippen LogP contribution is 2.00. The molecule has 72 valence electrons. The second-order valence-electron chi connectivity index (χ2n) is 3.11. The van der Waals surface area contributed by atoms with E-state index in [9.17, 15) is 4.79 Å². The fraction of sp³-hybridized carbons (Fsp3) is 0.500. The monoisotopic (exact) mass is 199 g/mol. The Morgan fingerprint density at radius 2 is 2.31 bits per heavy atom. The summed E-state index contributed by atoms with van der Waals surface area (Å²) in [6.45, 7) is 2.22. The Labute approximate surface area is 82.2 Å². The van der Waals surface area contributed by atoms with Gasteiger partial charge in [-0.1, -0.05) is 0 Å². The van der Waals surface area contributed by atoms with Crippen molar-refractivity contribution in [3.05, 3.63) is 16.7 Å². The zero-order valence-corrected chi connectivity index (χ0v) is 8.81. The standard InChI is InChI=1S/C8H13N3OS/c1-6-4-9-8(13)11(6)5-7(12)10(2)3/h4H,5H2,1-3H3,(H,9,13). The Morgan fingerprint density at radius 3 is 2.69 bits per heavy atom. The molecule has 1 aromatic rings. The minimum Gasteiger partial charge on any atom is -0.347 e. The first-order valence-corrected chi connectivity index (χ1v) is 4.38. The maximum Gasteiger partial charge on any atom is 0.242 e. The van der Waals surface area contributed by atoms with E-state index in [1.54, 1.807) is 29.8 Å². The zero-order valence-electron chi connectivity index (χ0n) is 8.00. The number of carbonyl (C=O) groups excluding carboxylic acids is 1. The molecule has 1 rings (SSSR count). The van der Waals surface area contributed by atoms with E-state index in [0.717, 1.165) is 5.69 Å². The predicted octanol–water partition coefficient (Wildman–Crippen LogP) is 0.942. The summed E-state index contributed by atoms with van der Waals surface area (Å²) < 4.78 is 2.37. The minimum atomic E-state index is 0.0406. The van der Waals surface area contributed by atoms with Crippen molar-refractivity contribution in [3.8, 4) is 0 Å². The highest BCUT2D eigenvalue weighted by atomic mass is 32.1. The van der Waals surface area contributed by atoms with Crippen LogP contribution in [0.5, 0.6) is 0 Å². The van der Waals surface area contributed by atoms with E-state index in [4.69, 9.17) is 12.2 Å². The second-order valence-corrected chi connectivity index (χ2v) is 3.50. The van der Waals surface area contributed by atoms with Gasteiger partial charge in [0.1, 0.15) is 6.54 Å². The first-order valence-electron chi connectivity index (χ1n) is 3.97. The summed E-state index contributed by atoms with van der Waals surface area (Å²) in [5.41, 5.74) is 0.972. The van der Waals surface area contributed by atoms with Gasteiger partial charge in [-0.05, 0) is 19.1 Å². The van der Waals surface area contributed by atoms with Gasteiger partial charge >= 0.3 is 0 Å². The van der Waals surface area contributed by atoms with Crippen LogP contribution < -0.4 is 0 Å². The largest absolute Gasteiger partial charge is 0.347 e. The molecule has 0 radical (unpaired) electrons. The molecule has 0 unspecified atom stereocenters. The van der Waals surface area contributed by atoms with Crippen LogP contribution in [-0.4, -0.2) is 34.5 Å². The highest BCUT2D eigenvalue weighted by molar-refractivity contribution is 7.71. The molecule has 0 aromatic carbocycles. The fourth-order valence-corrected chi connectivity index (χ4v) is 1.22. The van der Waals surface area contributed by atoms with Gasteiger partial charge in [0.2, 0.25) is 5.91 Å². The molecule has 0 atom stereocenters. The van der Waals surface area contributed by atoms with E-state index in [1.807, 2.05) is 6.92 Å². The second kappa shape index (κ2) is 3.74. The highest BCUT2D eigenvalue weighted by Gasteiger charge is 2.07. The van der Waals surface area contributed by atoms with Crippen molar-refractivity contribution < 1.29 is 4.79 Å². The Morgan fingerprint density at radius 1 is 1.69 bits per heavy atom. The molecule has 1 amide bonds. The van der Waals surface area contributed by atoms with Crippen LogP contribution in [0.2, 0.25) is 0 Å². The predicted molar refractivity (Wildman–Crippen MR) is 53.0 cm³/mol. The molecular weight excluding hydrogens is 186 g/mol. The number of nitrogens with zero attached hydrogens (tertiary/aromatic N) is 2. The van der Waals surface area contributed by atoms with Gasteiger partial charge in [-0.3, -0.25) is 4.79 Å². The molecule has 0 saturated heterocycles. The van der Waals surface area contributed by atoms with Crippen LogP contribution in [0.4, 0.5) is 0 Å². The number of rotatable bonds is 2. The number of hydrogen-bond donors (Lipinski definition) is 1. The molecule has 0 bridgehead atoms. The maximum absolute atomic E-state index is 11.4. The van der Waals surface area contributed by atoms with Crippen LogP contribution in [0, 0.1) is 11.7 Å². The van der Waals surface area contributed by atoms with E-state index in [1.165, 1.54) is 0 Å².